The second-order valence-corrected chi connectivity index (χ2v) is 14.7. The van der Waals surface area contributed by atoms with Crippen LogP contribution in [0.3, 0.4) is 0 Å². The molecule has 1 heterocycles. The van der Waals surface area contributed by atoms with Gasteiger partial charge in [-0.15, -0.1) is 0 Å². The predicted octanol–water partition coefficient (Wildman–Crippen LogP) is 1.95. The number of allylic oxidation sites excluding steroid dienone is 1. The Morgan fingerprint density at radius 3 is 2.40 bits per heavy atom. The number of amides is 3. The van der Waals surface area contributed by atoms with Gasteiger partial charge in [-0.25, -0.2) is 9.59 Å². The van der Waals surface area contributed by atoms with Gasteiger partial charge >= 0.3 is 12.1 Å². The molecule has 240 valence electrons. The molecular weight excluding hydrogens is 566 g/mol. The summed E-state index contributed by atoms with van der Waals surface area (Å²) in [6, 6.07) is -0.839. The number of carboxylic acid groups (broad SMARTS) is 1. The maximum absolute atomic E-state index is 13.1. The lowest BCUT2D eigenvalue weighted by atomic mass is 9.89. The maximum atomic E-state index is 13.1. The first-order chi connectivity index (χ1) is 19.5. The van der Waals surface area contributed by atoms with Crippen LogP contribution in [0.2, 0.25) is 0 Å². The number of nitrogens with zero attached hydrogens (tertiary/aromatic N) is 3. The molecule has 13 nitrogen and oxygen atoms in total. The van der Waals surface area contributed by atoms with Crippen molar-refractivity contribution in [3.8, 4) is 0 Å². The van der Waals surface area contributed by atoms with E-state index in [0.29, 0.717) is 25.8 Å². The molecule has 3 N–H and O–H groups in total. The molecule has 2 aliphatic rings. The van der Waals surface area contributed by atoms with Crippen LogP contribution in [0.25, 0.3) is 0 Å². The molecule has 2 fully saturated rings. The van der Waals surface area contributed by atoms with E-state index in [1.54, 1.807) is 20.8 Å². The van der Waals surface area contributed by atoms with Crippen LogP contribution in [0, 0.1) is 11.3 Å². The number of rotatable bonds is 15. The van der Waals surface area contributed by atoms with Gasteiger partial charge in [-0.3, -0.25) is 9.59 Å². The van der Waals surface area contributed by atoms with Crippen LogP contribution in [0.5, 0.6) is 0 Å². The van der Waals surface area contributed by atoms with Gasteiger partial charge < -0.3 is 25.4 Å². The summed E-state index contributed by atoms with van der Waals surface area (Å²) >= 11 is 0. The van der Waals surface area contributed by atoms with Gasteiger partial charge in [0.1, 0.15) is 24.2 Å². The largest absolute Gasteiger partial charge is 0.479 e. The fourth-order valence-electron chi connectivity index (χ4n) is 4.89. The van der Waals surface area contributed by atoms with Gasteiger partial charge in [-0.2, -0.15) is 17.0 Å². The summed E-state index contributed by atoms with van der Waals surface area (Å²) < 4.78 is 32.5. The molecule has 2 rings (SSSR count). The Labute approximate surface area is 250 Å². The average molecular weight is 616 g/mol. The molecule has 14 heteroatoms. The monoisotopic (exact) mass is 615 g/mol. The number of carbonyl (C=O) groups excluding carboxylic acids is 3. The average Bonchev–Trinajstić information content (AvgIpc) is 3.36. The van der Waals surface area contributed by atoms with Crippen molar-refractivity contribution in [3.05, 3.63) is 12.2 Å². The van der Waals surface area contributed by atoms with Crippen LogP contribution in [0.1, 0.15) is 72.6 Å². The number of alkyl carbamates (subject to hydrolysis) is 1. The Morgan fingerprint density at radius 1 is 1.17 bits per heavy atom. The number of aliphatic carboxylic acids is 1. The molecule has 1 aliphatic heterocycles. The lowest BCUT2D eigenvalue weighted by Crippen LogP contribution is -2.54. The van der Waals surface area contributed by atoms with Crippen LogP contribution >= 0.6 is 0 Å². The normalized spacial score (nSPS) is 23.3. The van der Waals surface area contributed by atoms with E-state index in [-0.39, 0.29) is 12.5 Å². The van der Waals surface area contributed by atoms with E-state index in [2.05, 4.69) is 17.6 Å². The third kappa shape index (κ3) is 9.14. The topological polar surface area (TPSA) is 166 Å². The van der Waals surface area contributed by atoms with Gasteiger partial charge in [0.2, 0.25) is 11.8 Å². The second kappa shape index (κ2) is 14.6. The van der Waals surface area contributed by atoms with Crippen molar-refractivity contribution in [2.75, 3.05) is 40.8 Å². The van der Waals surface area contributed by atoms with Gasteiger partial charge in [-0.05, 0) is 32.1 Å². The van der Waals surface area contributed by atoms with Crippen molar-refractivity contribution in [3.63, 3.8) is 0 Å². The summed E-state index contributed by atoms with van der Waals surface area (Å²) in [5.41, 5.74) is -1.98. The van der Waals surface area contributed by atoms with Crippen molar-refractivity contribution in [2.45, 2.75) is 90.3 Å². The number of likely N-dealkylation sites (tertiary alicyclic amines) is 1. The zero-order valence-corrected chi connectivity index (χ0v) is 26.8. The molecule has 1 saturated carbocycles. The van der Waals surface area contributed by atoms with Gasteiger partial charge in [0.25, 0.3) is 10.2 Å². The molecule has 1 aliphatic carbocycles. The fraction of sp³-hybridized carbons (Fsp3) is 0.786. The van der Waals surface area contributed by atoms with E-state index in [0.717, 1.165) is 34.3 Å². The number of carboxylic acids is 1. The SMILES string of the molecule is CCCCC/C=C\C1C[C@]1(NC(=O)[C@@H]1CCCN1C(=O)CNC(=O)OC(CN(C)S(=O)(=O)N(C)C)C(C)(C)C)C(=O)O. The predicted molar refractivity (Wildman–Crippen MR) is 158 cm³/mol. The molecule has 0 radical (unpaired) electrons. The number of nitrogens with one attached hydrogen (secondary N) is 2. The second-order valence-electron chi connectivity index (χ2n) is 12.4. The third-order valence-electron chi connectivity index (χ3n) is 7.84. The summed E-state index contributed by atoms with van der Waals surface area (Å²) in [7, 11) is 0.465. The Kier molecular flexibility index (Phi) is 12.4. The lowest BCUT2D eigenvalue weighted by molar-refractivity contribution is -0.145. The molecule has 42 heavy (non-hydrogen) atoms. The van der Waals surface area contributed by atoms with E-state index in [1.807, 2.05) is 12.2 Å². The summed E-state index contributed by atoms with van der Waals surface area (Å²) in [4.78, 5) is 52.2. The van der Waals surface area contributed by atoms with Crippen molar-refractivity contribution in [1.29, 1.82) is 0 Å². The van der Waals surface area contributed by atoms with Crippen LogP contribution < -0.4 is 10.6 Å². The Bertz CT molecular complexity index is 1120. The van der Waals surface area contributed by atoms with Crippen molar-refractivity contribution in [1.82, 2.24) is 24.1 Å². The number of hydrogen-bond acceptors (Lipinski definition) is 7. The van der Waals surface area contributed by atoms with E-state index in [9.17, 15) is 32.7 Å². The molecule has 4 atom stereocenters. The highest BCUT2D eigenvalue weighted by molar-refractivity contribution is 7.86. The Hall–Kier alpha value is -2.71. The van der Waals surface area contributed by atoms with Crippen LogP contribution in [-0.2, 0) is 29.3 Å². The van der Waals surface area contributed by atoms with E-state index >= 15 is 0 Å². The quantitative estimate of drug-likeness (QED) is 0.186. The first-order valence-corrected chi connectivity index (χ1v) is 16.0. The molecule has 0 aromatic heterocycles. The van der Waals surface area contributed by atoms with Gasteiger partial charge in [0, 0.05) is 39.0 Å². The number of hydrogen-bond donors (Lipinski definition) is 3. The highest BCUT2D eigenvalue weighted by atomic mass is 32.2. The smallest absolute Gasteiger partial charge is 0.407 e. The zero-order chi connectivity index (χ0) is 31.9. The summed E-state index contributed by atoms with van der Waals surface area (Å²) in [6.07, 6.45) is 7.44. The summed E-state index contributed by atoms with van der Waals surface area (Å²) in [6.45, 7) is 7.29. The van der Waals surface area contributed by atoms with Gasteiger partial charge in [0.05, 0.1) is 6.54 Å². The van der Waals surface area contributed by atoms with E-state index in [1.165, 1.54) is 26.0 Å². The number of unbranched alkanes of at least 4 members (excludes halogenated alkanes) is 3. The molecule has 0 aromatic rings. The first kappa shape index (κ1) is 35.5. The van der Waals surface area contributed by atoms with Crippen LogP contribution in [-0.4, -0.2) is 109 Å². The minimum absolute atomic E-state index is 0.0972. The first-order valence-electron chi connectivity index (χ1n) is 14.6. The molecule has 3 amide bonds. The van der Waals surface area contributed by atoms with Gasteiger partial charge in [-0.1, -0.05) is 52.7 Å². The molecule has 0 spiro atoms. The number of carbonyl (C=O) groups is 4. The van der Waals surface area contributed by atoms with Crippen molar-refractivity contribution < 1.29 is 37.4 Å². The Balaban J connectivity index is 1.96. The van der Waals surface area contributed by atoms with Crippen LogP contribution in [0.4, 0.5) is 4.79 Å². The van der Waals surface area contributed by atoms with Gasteiger partial charge in [0.15, 0.2) is 0 Å². The molecule has 2 unspecified atom stereocenters. The maximum Gasteiger partial charge on any atom is 0.407 e. The standard InChI is InChI=1S/C28H49N5O8S/c1-8-9-10-11-12-14-20-17-28(20,25(36)37)30-24(35)21-15-13-16-33(21)23(34)18-29-26(38)41-22(27(2,3)4)19-32(7)42(39,40)31(5)6/h12,14,20-22H,8-11,13,15-19H2,1-7H3,(H,29,38)(H,30,35)(H,36,37)/b14-12-/t20?,21-,22?,28+/m0/s1. The lowest BCUT2D eigenvalue weighted by Gasteiger charge is -2.33. The van der Waals surface area contributed by atoms with E-state index < -0.39 is 63.7 Å². The number of likely N-dealkylation sites (N-methyl/N-ethyl adjacent to an activating group) is 1. The Morgan fingerprint density at radius 2 is 1.83 bits per heavy atom. The van der Waals surface area contributed by atoms with Crippen molar-refractivity contribution in [2.24, 2.45) is 11.3 Å². The highest BCUT2D eigenvalue weighted by Gasteiger charge is 2.61. The highest BCUT2D eigenvalue weighted by Crippen LogP contribution is 2.45. The minimum Gasteiger partial charge on any atom is -0.479 e. The molecule has 0 bridgehead atoms. The summed E-state index contributed by atoms with van der Waals surface area (Å²) in [5.74, 6) is -2.43. The van der Waals surface area contributed by atoms with Crippen molar-refractivity contribution >= 4 is 34.1 Å². The summed E-state index contributed by atoms with van der Waals surface area (Å²) in [5, 5.41) is 15.0. The third-order valence-corrected chi connectivity index (χ3v) is 9.70. The van der Waals surface area contributed by atoms with E-state index in [4.69, 9.17) is 4.74 Å². The molecule has 0 aromatic carbocycles. The molecule has 1 saturated heterocycles. The molecular formula is C28H49N5O8S. The number of ether oxygens (including phenoxy) is 1. The fourth-order valence-corrected chi connectivity index (χ4v) is 5.77. The minimum atomic E-state index is -3.73. The zero-order valence-electron chi connectivity index (χ0n) is 26.0. The van der Waals surface area contributed by atoms with Crippen LogP contribution in [0.15, 0.2) is 12.2 Å².